The molecule has 4 N–H and O–H groups in total. The summed E-state index contributed by atoms with van der Waals surface area (Å²) in [5.41, 5.74) is -1.13. The molecule has 17 heavy (non-hydrogen) atoms. The molecule has 1 fully saturated rings. The Kier molecular flexibility index (Phi) is 3.50. The van der Waals surface area contributed by atoms with Crippen LogP contribution in [0.25, 0.3) is 0 Å². The fraction of sp³-hybridized carbons (Fsp3) is 0.556. The van der Waals surface area contributed by atoms with Crippen molar-refractivity contribution >= 4 is 15.0 Å². The van der Waals surface area contributed by atoms with Gasteiger partial charge in [-0.1, -0.05) is 0 Å². The Balaban J connectivity index is 2.35. The summed E-state index contributed by atoms with van der Waals surface area (Å²) >= 11 is -0.324. The van der Waals surface area contributed by atoms with Gasteiger partial charge in [0.25, 0.3) is 0 Å². The molecule has 1 aromatic heterocycles. The van der Waals surface area contributed by atoms with Crippen molar-refractivity contribution in [2.24, 2.45) is 0 Å². The number of aromatic amines is 1. The first-order valence-electron chi connectivity index (χ1n) is 4.98. The molecule has 1 aliphatic rings. The average Bonchev–Trinajstić information content (AvgIpc) is 2.57. The van der Waals surface area contributed by atoms with E-state index in [4.69, 9.17) is 5.11 Å². The molecule has 1 aliphatic heterocycles. The van der Waals surface area contributed by atoms with Gasteiger partial charge in [0, 0.05) is 0 Å². The fourth-order valence-electron chi connectivity index (χ4n) is 1.74. The number of rotatable bonds is 2. The van der Waals surface area contributed by atoms with Gasteiger partial charge in [-0.15, -0.1) is 0 Å². The van der Waals surface area contributed by atoms with Crippen LogP contribution in [0.5, 0.6) is 0 Å². The number of H-pyrrole nitrogens is 1. The van der Waals surface area contributed by atoms with Crippen LogP contribution in [0.3, 0.4) is 0 Å². The van der Waals surface area contributed by atoms with Crippen LogP contribution < -0.4 is 11.2 Å². The molecule has 1 aromatic rings. The van der Waals surface area contributed by atoms with Crippen molar-refractivity contribution in [2.45, 2.75) is 22.0 Å². The molecule has 4 unspecified atom stereocenters. The van der Waals surface area contributed by atoms with Crippen LogP contribution >= 0.6 is 0 Å². The third kappa shape index (κ3) is 2.22. The second-order valence-electron chi connectivity index (χ2n) is 3.75. The summed E-state index contributed by atoms with van der Waals surface area (Å²) in [4.78, 5) is 23.6. The van der Waals surface area contributed by atoms with Gasteiger partial charge < -0.3 is 0 Å². The van der Waals surface area contributed by atoms with E-state index in [2.05, 4.69) is 4.98 Å². The number of aliphatic hydroxyl groups is 3. The van der Waals surface area contributed by atoms with E-state index in [-0.39, 0.29) is 21.6 Å². The molecule has 0 bridgehead atoms. The van der Waals surface area contributed by atoms with E-state index in [0.717, 1.165) is 0 Å². The van der Waals surface area contributed by atoms with E-state index in [9.17, 15) is 19.8 Å². The molecule has 0 saturated carbocycles. The van der Waals surface area contributed by atoms with Crippen LogP contribution in [-0.4, -0.2) is 58.6 Å². The fourth-order valence-corrected chi connectivity index (χ4v) is 4.64. The number of nitrogens with one attached hydrogen (secondary N) is 1. The van der Waals surface area contributed by atoms with Crippen LogP contribution in [0, 0.1) is 0 Å². The first-order valence-corrected chi connectivity index (χ1v) is 6.96. The molecular weight excluding hydrogens is 295 g/mol. The number of aromatic nitrogens is 2. The minimum atomic E-state index is -1.10. The molecule has 0 aliphatic carbocycles. The van der Waals surface area contributed by atoms with Crippen molar-refractivity contribution in [2.75, 3.05) is 6.61 Å². The Hall–Kier alpha value is -0.921. The maximum absolute atomic E-state index is 11.5. The number of nitrogens with zero attached hydrogens (tertiary/aromatic N) is 1. The van der Waals surface area contributed by atoms with Gasteiger partial charge in [-0.25, -0.2) is 0 Å². The van der Waals surface area contributed by atoms with Gasteiger partial charge in [-0.05, 0) is 0 Å². The first-order chi connectivity index (χ1) is 8.04. The van der Waals surface area contributed by atoms with Gasteiger partial charge in [0.15, 0.2) is 0 Å². The second-order valence-corrected chi connectivity index (χ2v) is 6.60. The van der Waals surface area contributed by atoms with Gasteiger partial charge in [0.05, 0.1) is 0 Å². The number of aliphatic hydroxyl groups excluding tert-OH is 3. The second kappa shape index (κ2) is 4.75. The molecule has 2 heterocycles. The molecular formula is C9H12N2O5Se. The predicted molar refractivity (Wildman–Crippen MR) is 59.0 cm³/mol. The third-order valence-corrected chi connectivity index (χ3v) is 5.92. The molecule has 7 nitrogen and oxygen atoms in total. The zero-order valence-electron chi connectivity index (χ0n) is 8.68. The maximum atomic E-state index is 11.5. The molecule has 0 aromatic carbocycles. The molecule has 0 amide bonds. The Labute approximate surface area is 102 Å². The Morgan fingerprint density at radius 3 is 2.59 bits per heavy atom. The summed E-state index contributed by atoms with van der Waals surface area (Å²) in [5.74, 6) is 0. The van der Waals surface area contributed by atoms with E-state index >= 15 is 0 Å². The van der Waals surface area contributed by atoms with E-state index in [1.54, 1.807) is 0 Å². The molecule has 94 valence electrons. The monoisotopic (exact) mass is 308 g/mol. The summed E-state index contributed by atoms with van der Waals surface area (Å²) in [5, 5.41) is 28.5. The first kappa shape index (κ1) is 12.5. The molecule has 0 radical (unpaired) electrons. The molecule has 4 atom stereocenters. The molecule has 1 saturated heterocycles. The molecule has 2 rings (SSSR count). The Bertz CT molecular complexity index is 513. The molecule has 8 heteroatoms. The summed E-state index contributed by atoms with van der Waals surface area (Å²) in [6.45, 7) is -0.229. The van der Waals surface area contributed by atoms with Crippen molar-refractivity contribution in [3.63, 3.8) is 0 Å². The summed E-state index contributed by atoms with van der Waals surface area (Å²) in [7, 11) is 0. The van der Waals surface area contributed by atoms with Crippen molar-refractivity contribution in [3.8, 4) is 0 Å². The van der Waals surface area contributed by atoms with Crippen LogP contribution in [0.1, 0.15) is 4.94 Å². The zero-order valence-corrected chi connectivity index (χ0v) is 10.4. The summed E-state index contributed by atoms with van der Waals surface area (Å²) < 4.78 is 1.20. The van der Waals surface area contributed by atoms with Crippen LogP contribution in [0.15, 0.2) is 21.9 Å². The van der Waals surface area contributed by atoms with Gasteiger partial charge in [0.1, 0.15) is 0 Å². The Morgan fingerprint density at radius 1 is 1.35 bits per heavy atom. The van der Waals surface area contributed by atoms with Crippen molar-refractivity contribution in [3.05, 3.63) is 33.1 Å². The zero-order chi connectivity index (χ0) is 12.6. The van der Waals surface area contributed by atoms with E-state index in [1.807, 2.05) is 0 Å². The Morgan fingerprint density at radius 2 is 2.06 bits per heavy atom. The minimum absolute atomic E-state index is 0.229. The summed E-state index contributed by atoms with van der Waals surface area (Å²) in [6, 6.07) is 1.18. The van der Waals surface area contributed by atoms with E-state index < -0.39 is 33.2 Å². The number of hydrogen-bond donors (Lipinski definition) is 4. The number of hydrogen-bond acceptors (Lipinski definition) is 5. The van der Waals surface area contributed by atoms with Crippen LogP contribution in [-0.2, 0) is 0 Å². The third-order valence-electron chi connectivity index (χ3n) is 2.64. The van der Waals surface area contributed by atoms with Crippen LogP contribution in [0.2, 0.25) is 4.82 Å². The summed E-state index contributed by atoms with van der Waals surface area (Å²) in [6.07, 6.45) is -0.844. The topological polar surface area (TPSA) is 116 Å². The van der Waals surface area contributed by atoms with E-state index in [0.29, 0.717) is 0 Å². The van der Waals surface area contributed by atoms with Crippen molar-refractivity contribution < 1.29 is 15.3 Å². The van der Waals surface area contributed by atoms with Gasteiger partial charge in [-0.3, -0.25) is 0 Å². The molecule has 0 spiro atoms. The normalized spacial score (nSPS) is 32.9. The predicted octanol–water partition coefficient (Wildman–Crippen LogP) is -2.74. The van der Waals surface area contributed by atoms with Gasteiger partial charge in [0.2, 0.25) is 0 Å². The van der Waals surface area contributed by atoms with Crippen LogP contribution in [0.4, 0.5) is 0 Å². The quantitative estimate of drug-likeness (QED) is 0.442. The van der Waals surface area contributed by atoms with Crippen molar-refractivity contribution in [1.29, 1.82) is 0 Å². The van der Waals surface area contributed by atoms with Gasteiger partial charge >= 0.3 is 102 Å². The van der Waals surface area contributed by atoms with Gasteiger partial charge in [-0.2, -0.15) is 0 Å². The van der Waals surface area contributed by atoms with E-state index in [1.165, 1.54) is 16.8 Å². The SMILES string of the molecule is O=c1ccn(C2[Se]C(CO)C(O)C2O)c(=O)[nH]1. The van der Waals surface area contributed by atoms with Crippen molar-refractivity contribution in [1.82, 2.24) is 9.55 Å². The average molecular weight is 307 g/mol. The standard InChI is InChI=1S/C9H12N2O5Se/c12-3-4-6(14)7(15)8(17-4)11-2-1-5(13)10-9(11)16/h1-2,4,6-8,12,14-15H,3H2,(H,10,13,16).